The van der Waals surface area contributed by atoms with E-state index in [-0.39, 0.29) is 6.04 Å². The van der Waals surface area contributed by atoms with Crippen molar-refractivity contribution in [3.05, 3.63) is 96.3 Å². The van der Waals surface area contributed by atoms with Gasteiger partial charge < -0.3 is 14.2 Å². The zero-order valence-electron chi connectivity index (χ0n) is 13.6. The molecule has 1 atom stereocenters. The highest BCUT2D eigenvalue weighted by Gasteiger charge is 2.21. The van der Waals surface area contributed by atoms with Crippen LogP contribution in [0.25, 0.3) is 11.5 Å². The predicted molar refractivity (Wildman–Crippen MR) is 92.4 cm³/mol. The predicted octanol–water partition coefficient (Wildman–Crippen LogP) is 3.18. The van der Waals surface area contributed by atoms with E-state index in [0.717, 1.165) is 11.3 Å². The van der Waals surface area contributed by atoms with Gasteiger partial charge in [0.05, 0.1) is 6.26 Å². The van der Waals surface area contributed by atoms with Crippen molar-refractivity contribution in [2.24, 2.45) is 0 Å². The Bertz CT molecular complexity index is 903. The minimum absolute atomic E-state index is 0.0447. The van der Waals surface area contributed by atoms with Crippen molar-refractivity contribution in [1.82, 2.24) is 10.2 Å². The molecule has 2 N–H and O–H groups in total. The molecule has 0 saturated heterocycles. The van der Waals surface area contributed by atoms with Crippen LogP contribution in [0, 0.1) is 0 Å². The van der Waals surface area contributed by atoms with Gasteiger partial charge in [-0.1, -0.05) is 48.5 Å². The molecular weight excluding hydrogens is 314 g/mol. The number of hydrogen-bond acceptors (Lipinski definition) is 4. The number of aromatic nitrogens is 2. The first-order valence-corrected chi connectivity index (χ1v) is 8.19. The van der Waals surface area contributed by atoms with Gasteiger partial charge in [-0.2, -0.15) is 0 Å². The number of nitrogens with two attached hydrogens (primary N) is 1. The molecular formula is C20H18N3O2+. The fourth-order valence-corrected chi connectivity index (χ4v) is 2.80. The third-order valence-electron chi connectivity index (χ3n) is 4.02. The Balaban J connectivity index is 1.51. The summed E-state index contributed by atoms with van der Waals surface area (Å²) in [4.78, 5) is 0. The van der Waals surface area contributed by atoms with Crippen molar-refractivity contribution in [2.45, 2.75) is 12.6 Å². The van der Waals surface area contributed by atoms with Gasteiger partial charge in [0.1, 0.15) is 0 Å². The molecule has 0 bridgehead atoms. The Morgan fingerprint density at radius 2 is 1.60 bits per heavy atom. The molecule has 0 aliphatic rings. The highest BCUT2D eigenvalue weighted by atomic mass is 16.4. The number of benzene rings is 2. The second kappa shape index (κ2) is 7.15. The standard InChI is InChI=1S/C20H17N3O2/c1-3-8-15(9-4-1)19(17-12-7-13-24-17)21-14-18-22-23-20(25-18)16-10-5-2-6-11-16/h1-13,19,21H,14H2/p+1/t19-/m0/s1. The van der Waals surface area contributed by atoms with Crippen LogP contribution in [0.4, 0.5) is 0 Å². The van der Waals surface area contributed by atoms with Gasteiger partial charge in [-0.05, 0) is 24.3 Å². The second-order valence-corrected chi connectivity index (χ2v) is 5.71. The van der Waals surface area contributed by atoms with Crippen LogP contribution in [0.3, 0.4) is 0 Å². The molecule has 4 aromatic rings. The van der Waals surface area contributed by atoms with Crippen molar-refractivity contribution in [3.8, 4) is 11.5 Å². The van der Waals surface area contributed by atoms with Crippen LogP contribution in [-0.2, 0) is 6.54 Å². The molecule has 2 heterocycles. The van der Waals surface area contributed by atoms with E-state index in [2.05, 4.69) is 27.6 Å². The second-order valence-electron chi connectivity index (χ2n) is 5.71. The minimum atomic E-state index is 0.0447. The summed E-state index contributed by atoms with van der Waals surface area (Å²) in [5, 5.41) is 10.4. The molecule has 5 heteroatoms. The van der Waals surface area contributed by atoms with Crippen molar-refractivity contribution < 1.29 is 14.2 Å². The third kappa shape index (κ3) is 3.51. The van der Waals surface area contributed by atoms with Gasteiger partial charge in [-0.25, -0.2) is 0 Å². The van der Waals surface area contributed by atoms with E-state index in [1.165, 1.54) is 5.56 Å². The highest BCUT2D eigenvalue weighted by Crippen LogP contribution is 2.19. The molecule has 2 aromatic carbocycles. The van der Waals surface area contributed by atoms with Gasteiger partial charge in [0.15, 0.2) is 18.3 Å². The summed E-state index contributed by atoms with van der Waals surface area (Å²) in [6.07, 6.45) is 1.69. The molecule has 4 rings (SSSR count). The first kappa shape index (κ1) is 15.4. The number of furan rings is 1. The molecule has 0 radical (unpaired) electrons. The lowest BCUT2D eigenvalue weighted by molar-refractivity contribution is -0.706. The van der Waals surface area contributed by atoms with Crippen molar-refractivity contribution in [2.75, 3.05) is 0 Å². The van der Waals surface area contributed by atoms with Crippen molar-refractivity contribution in [3.63, 3.8) is 0 Å². The van der Waals surface area contributed by atoms with Crippen LogP contribution in [0.15, 0.2) is 87.9 Å². The summed E-state index contributed by atoms with van der Waals surface area (Å²) >= 11 is 0. The molecule has 25 heavy (non-hydrogen) atoms. The van der Waals surface area contributed by atoms with E-state index in [0.29, 0.717) is 18.3 Å². The topological polar surface area (TPSA) is 68.7 Å². The summed E-state index contributed by atoms with van der Waals surface area (Å²) in [5.41, 5.74) is 2.09. The van der Waals surface area contributed by atoms with Crippen LogP contribution in [0.5, 0.6) is 0 Å². The van der Waals surface area contributed by atoms with Gasteiger partial charge in [-0.15, -0.1) is 10.2 Å². The summed E-state index contributed by atoms with van der Waals surface area (Å²) in [6.45, 7) is 0.570. The van der Waals surface area contributed by atoms with Gasteiger partial charge in [-0.3, -0.25) is 0 Å². The van der Waals surface area contributed by atoms with Gasteiger partial charge in [0.25, 0.3) is 5.89 Å². The Kier molecular flexibility index (Phi) is 4.39. The Labute approximate surface area is 145 Å². The Hall–Kier alpha value is -3.18. The molecule has 0 aliphatic heterocycles. The van der Waals surface area contributed by atoms with Crippen LogP contribution < -0.4 is 5.32 Å². The molecule has 124 valence electrons. The maximum atomic E-state index is 5.79. The maximum Gasteiger partial charge on any atom is 0.271 e. The quantitative estimate of drug-likeness (QED) is 0.589. The summed E-state index contributed by atoms with van der Waals surface area (Å²) in [7, 11) is 0. The first-order chi connectivity index (χ1) is 12.4. The number of nitrogens with zero attached hydrogens (tertiary/aromatic N) is 2. The smallest absolute Gasteiger partial charge is 0.271 e. The maximum absolute atomic E-state index is 5.79. The lowest BCUT2D eigenvalue weighted by Crippen LogP contribution is -2.84. The van der Waals surface area contributed by atoms with Crippen molar-refractivity contribution in [1.29, 1.82) is 0 Å². The molecule has 5 nitrogen and oxygen atoms in total. The summed E-state index contributed by atoms with van der Waals surface area (Å²) < 4.78 is 11.4. The van der Waals surface area contributed by atoms with Crippen molar-refractivity contribution >= 4 is 0 Å². The fourth-order valence-electron chi connectivity index (χ4n) is 2.80. The van der Waals surface area contributed by atoms with Gasteiger partial charge in [0, 0.05) is 11.1 Å². The zero-order valence-corrected chi connectivity index (χ0v) is 13.6. The lowest BCUT2D eigenvalue weighted by atomic mass is 10.0. The molecule has 0 unspecified atom stereocenters. The van der Waals surface area contributed by atoms with E-state index in [1.54, 1.807) is 6.26 Å². The van der Waals surface area contributed by atoms with Crippen LogP contribution in [0.2, 0.25) is 0 Å². The highest BCUT2D eigenvalue weighted by molar-refractivity contribution is 5.51. The molecule has 0 saturated carbocycles. The van der Waals surface area contributed by atoms with E-state index in [1.807, 2.05) is 60.7 Å². The van der Waals surface area contributed by atoms with E-state index < -0.39 is 0 Å². The SMILES string of the molecule is c1ccc(-c2nnc(C[NH2+][C@@H](c3ccccc3)c3ccco3)o2)cc1. The number of quaternary nitrogens is 1. The molecule has 2 aromatic heterocycles. The molecule has 0 aliphatic carbocycles. The van der Waals surface area contributed by atoms with Gasteiger partial charge in [0.2, 0.25) is 5.89 Å². The summed E-state index contributed by atoms with van der Waals surface area (Å²) in [6, 6.07) is 23.9. The molecule has 0 fully saturated rings. The minimum Gasteiger partial charge on any atom is -0.463 e. The third-order valence-corrected chi connectivity index (χ3v) is 4.02. The molecule has 0 amide bonds. The van der Waals surface area contributed by atoms with Gasteiger partial charge >= 0.3 is 0 Å². The number of hydrogen-bond donors (Lipinski definition) is 1. The Morgan fingerprint density at radius 1 is 0.840 bits per heavy atom. The summed E-state index contributed by atoms with van der Waals surface area (Å²) in [5.74, 6) is 2.03. The van der Waals surface area contributed by atoms with E-state index in [9.17, 15) is 0 Å². The molecule has 0 spiro atoms. The van der Waals surface area contributed by atoms with Crippen LogP contribution in [-0.4, -0.2) is 10.2 Å². The first-order valence-electron chi connectivity index (χ1n) is 8.19. The average molecular weight is 332 g/mol. The largest absolute Gasteiger partial charge is 0.463 e. The normalized spacial score (nSPS) is 12.2. The monoisotopic (exact) mass is 332 g/mol. The van der Waals surface area contributed by atoms with Crippen LogP contribution >= 0.6 is 0 Å². The van der Waals surface area contributed by atoms with E-state index >= 15 is 0 Å². The number of rotatable bonds is 6. The lowest BCUT2D eigenvalue weighted by Gasteiger charge is -2.12. The van der Waals surface area contributed by atoms with E-state index in [4.69, 9.17) is 8.83 Å². The van der Waals surface area contributed by atoms with Crippen LogP contribution in [0.1, 0.15) is 23.3 Å². The average Bonchev–Trinajstić information content (AvgIpc) is 3.36. The Morgan fingerprint density at radius 3 is 2.32 bits per heavy atom. The zero-order chi connectivity index (χ0) is 16.9. The fraction of sp³-hybridized carbons (Fsp3) is 0.100.